The van der Waals surface area contributed by atoms with E-state index in [1.807, 2.05) is 36.1 Å². The molecule has 0 spiro atoms. The summed E-state index contributed by atoms with van der Waals surface area (Å²) in [6.45, 7) is 9.78. The van der Waals surface area contributed by atoms with E-state index in [1.165, 1.54) is 11.3 Å². The van der Waals surface area contributed by atoms with Gasteiger partial charge in [0.05, 0.1) is 6.04 Å². The van der Waals surface area contributed by atoms with Crippen LogP contribution in [0.2, 0.25) is 0 Å². The molecule has 4 heteroatoms. The van der Waals surface area contributed by atoms with Crippen LogP contribution < -0.4 is 4.74 Å². The molecule has 1 aromatic carbocycles. The van der Waals surface area contributed by atoms with Gasteiger partial charge in [0, 0.05) is 25.0 Å². The van der Waals surface area contributed by atoms with Crippen molar-refractivity contribution >= 4 is 5.91 Å². The fourth-order valence-electron chi connectivity index (χ4n) is 3.32. The molecule has 1 aromatic heterocycles. The zero-order valence-electron chi connectivity index (χ0n) is 14.9. The van der Waals surface area contributed by atoms with E-state index in [2.05, 4.69) is 43.7 Å². The molecule has 0 saturated heterocycles. The van der Waals surface area contributed by atoms with Gasteiger partial charge in [0.15, 0.2) is 6.10 Å². The molecule has 128 valence electrons. The van der Waals surface area contributed by atoms with Crippen molar-refractivity contribution in [2.75, 3.05) is 6.54 Å². The Morgan fingerprint density at radius 1 is 1.17 bits per heavy atom. The van der Waals surface area contributed by atoms with Crippen LogP contribution in [0, 0.1) is 0 Å². The fraction of sp³-hybridized carbons (Fsp3) is 0.450. The van der Waals surface area contributed by atoms with Gasteiger partial charge in [-0.3, -0.25) is 4.79 Å². The van der Waals surface area contributed by atoms with Gasteiger partial charge in [-0.1, -0.05) is 26.0 Å². The van der Waals surface area contributed by atoms with Gasteiger partial charge in [-0.25, -0.2) is 0 Å². The highest BCUT2D eigenvalue weighted by molar-refractivity contribution is 5.81. The first-order chi connectivity index (χ1) is 11.5. The van der Waals surface area contributed by atoms with E-state index >= 15 is 0 Å². The van der Waals surface area contributed by atoms with Crippen LogP contribution in [0.1, 0.15) is 50.9 Å². The maximum Gasteiger partial charge on any atom is 0.263 e. The van der Waals surface area contributed by atoms with Gasteiger partial charge in [-0.15, -0.1) is 0 Å². The Bertz CT molecular complexity index is 720. The van der Waals surface area contributed by atoms with Crippen LogP contribution in [0.3, 0.4) is 0 Å². The zero-order valence-corrected chi connectivity index (χ0v) is 14.9. The van der Waals surface area contributed by atoms with Crippen molar-refractivity contribution < 1.29 is 9.53 Å². The van der Waals surface area contributed by atoms with Gasteiger partial charge < -0.3 is 14.2 Å². The van der Waals surface area contributed by atoms with Gasteiger partial charge in [0.25, 0.3) is 5.91 Å². The molecule has 2 unspecified atom stereocenters. The number of hydrogen-bond donors (Lipinski definition) is 0. The number of ether oxygens (including phenoxy) is 1. The number of aromatic nitrogens is 1. The first kappa shape index (κ1) is 16.6. The number of carbonyl (C=O) groups excluding carboxylic acids is 1. The maximum atomic E-state index is 12.9. The second-order valence-corrected chi connectivity index (χ2v) is 6.82. The van der Waals surface area contributed by atoms with Crippen LogP contribution in [0.25, 0.3) is 0 Å². The highest BCUT2D eigenvalue weighted by atomic mass is 16.5. The molecule has 2 heterocycles. The summed E-state index contributed by atoms with van der Waals surface area (Å²) in [6, 6.07) is 12.2. The van der Waals surface area contributed by atoms with E-state index in [0.29, 0.717) is 5.92 Å². The average molecular weight is 326 g/mol. The highest BCUT2D eigenvalue weighted by Crippen LogP contribution is 2.27. The maximum absolute atomic E-state index is 12.9. The van der Waals surface area contributed by atoms with Gasteiger partial charge in [0.1, 0.15) is 5.75 Å². The Labute approximate surface area is 144 Å². The molecule has 4 nitrogen and oxygen atoms in total. The summed E-state index contributed by atoms with van der Waals surface area (Å²) in [6.07, 6.45) is 1.58. The molecule has 0 saturated carbocycles. The summed E-state index contributed by atoms with van der Waals surface area (Å²) in [7, 11) is 0. The molecule has 0 aliphatic carbocycles. The summed E-state index contributed by atoms with van der Waals surface area (Å²) in [5.41, 5.74) is 2.40. The summed E-state index contributed by atoms with van der Waals surface area (Å²) >= 11 is 0. The molecule has 0 N–H and O–H groups in total. The molecule has 0 radical (unpaired) electrons. The van der Waals surface area contributed by atoms with Crippen LogP contribution in [-0.2, 0) is 11.3 Å². The third-order valence-corrected chi connectivity index (χ3v) is 4.81. The first-order valence-electron chi connectivity index (χ1n) is 8.69. The number of rotatable bonds is 4. The number of carbonyl (C=O) groups is 1. The molecule has 3 rings (SSSR count). The molecule has 24 heavy (non-hydrogen) atoms. The van der Waals surface area contributed by atoms with E-state index in [1.54, 1.807) is 0 Å². The SMILES string of the molecule is CC(Oc1cccc(C(C)C)c1)C(=O)N1CCn2cccc2C1C. The number of hydrogen-bond acceptors (Lipinski definition) is 2. The molecule has 0 fully saturated rings. The Morgan fingerprint density at radius 2 is 1.96 bits per heavy atom. The predicted octanol–water partition coefficient (Wildman–Crippen LogP) is 3.98. The van der Waals surface area contributed by atoms with E-state index in [-0.39, 0.29) is 11.9 Å². The zero-order chi connectivity index (χ0) is 17.3. The topological polar surface area (TPSA) is 34.5 Å². The normalized spacial score (nSPS) is 18.4. The van der Waals surface area contributed by atoms with E-state index < -0.39 is 6.10 Å². The quantitative estimate of drug-likeness (QED) is 0.851. The highest BCUT2D eigenvalue weighted by Gasteiger charge is 2.31. The van der Waals surface area contributed by atoms with E-state index in [4.69, 9.17) is 4.74 Å². The largest absolute Gasteiger partial charge is 0.481 e. The standard InChI is InChI=1S/C20H26N2O2/c1-14(2)17-7-5-8-18(13-17)24-16(4)20(23)22-12-11-21-10-6-9-19(21)15(22)3/h5-10,13-16H,11-12H2,1-4H3. The summed E-state index contributed by atoms with van der Waals surface area (Å²) in [4.78, 5) is 14.8. The molecule has 1 amide bonds. The predicted molar refractivity (Wildman–Crippen MR) is 95.2 cm³/mol. The van der Waals surface area contributed by atoms with Crippen molar-refractivity contribution in [3.8, 4) is 5.75 Å². The van der Waals surface area contributed by atoms with Gasteiger partial charge in [-0.2, -0.15) is 0 Å². The van der Waals surface area contributed by atoms with Crippen LogP contribution in [-0.4, -0.2) is 28.0 Å². The van der Waals surface area contributed by atoms with Gasteiger partial charge in [-0.05, 0) is 49.6 Å². The molecular weight excluding hydrogens is 300 g/mol. The second-order valence-electron chi connectivity index (χ2n) is 6.82. The molecule has 1 aliphatic heterocycles. The molecule has 2 atom stereocenters. The Balaban J connectivity index is 1.70. The van der Waals surface area contributed by atoms with Crippen LogP contribution >= 0.6 is 0 Å². The van der Waals surface area contributed by atoms with Crippen molar-refractivity contribution in [2.45, 2.75) is 52.3 Å². The van der Waals surface area contributed by atoms with E-state index in [9.17, 15) is 4.79 Å². The fourth-order valence-corrected chi connectivity index (χ4v) is 3.32. The number of benzene rings is 1. The van der Waals surface area contributed by atoms with Crippen molar-refractivity contribution in [1.82, 2.24) is 9.47 Å². The lowest BCUT2D eigenvalue weighted by Gasteiger charge is -2.36. The molecule has 1 aliphatic rings. The van der Waals surface area contributed by atoms with Crippen LogP contribution in [0.4, 0.5) is 0 Å². The van der Waals surface area contributed by atoms with E-state index in [0.717, 1.165) is 18.8 Å². The second kappa shape index (κ2) is 6.71. The summed E-state index contributed by atoms with van der Waals surface area (Å²) < 4.78 is 8.15. The Morgan fingerprint density at radius 3 is 2.71 bits per heavy atom. The Kier molecular flexibility index (Phi) is 4.65. The molecule has 0 bridgehead atoms. The number of fused-ring (bicyclic) bond motifs is 1. The summed E-state index contributed by atoms with van der Waals surface area (Å²) in [5.74, 6) is 1.24. The lowest BCUT2D eigenvalue weighted by molar-refractivity contribution is -0.141. The van der Waals surface area contributed by atoms with Crippen molar-refractivity contribution in [2.24, 2.45) is 0 Å². The smallest absolute Gasteiger partial charge is 0.263 e. The minimum Gasteiger partial charge on any atom is -0.481 e. The number of amides is 1. The van der Waals surface area contributed by atoms with Crippen LogP contribution in [0.15, 0.2) is 42.6 Å². The van der Waals surface area contributed by atoms with Crippen molar-refractivity contribution in [3.05, 3.63) is 53.9 Å². The lowest BCUT2D eigenvalue weighted by Crippen LogP contribution is -2.46. The third kappa shape index (κ3) is 3.18. The van der Waals surface area contributed by atoms with Gasteiger partial charge >= 0.3 is 0 Å². The monoisotopic (exact) mass is 326 g/mol. The van der Waals surface area contributed by atoms with Gasteiger partial charge in [0.2, 0.25) is 0 Å². The minimum absolute atomic E-state index is 0.0462. The third-order valence-electron chi connectivity index (χ3n) is 4.81. The minimum atomic E-state index is -0.489. The lowest BCUT2D eigenvalue weighted by atomic mass is 10.0. The first-order valence-corrected chi connectivity index (χ1v) is 8.69. The van der Waals surface area contributed by atoms with Crippen molar-refractivity contribution in [1.29, 1.82) is 0 Å². The summed E-state index contributed by atoms with van der Waals surface area (Å²) in [5, 5.41) is 0. The number of nitrogens with zero attached hydrogens (tertiary/aromatic N) is 2. The molecule has 2 aromatic rings. The average Bonchev–Trinajstić information content (AvgIpc) is 3.04. The van der Waals surface area contributed by atoms with Crippen LogP contribution in [0.5, 0.6) is 5.75 Å². The molecular formula is C20H26N2O2. The Hall–Kier alpha value is -2.23. The van der Waals surface area contributed by atoms with Crippen molar-refractivity contribution in [3.63, 3.8) is 0 Å².